The molecule has 0 spiro atoms. The lowest BCUT2D eigenvalue weighted by molar-refractivity contribution is -0.120. The smallest absolute Gasteiger partial charge is 0.263 e. The summed E-state index contributed by atoms with van der Waals surface area (Å²) < 4.78 is 6.01. The average molecular weight is 402 g/mol. The predicted octanol–water partition coefficient (Wildman–Crippen LogP) is 4.74. The van der Waals surface area contributed by atoms with E-state index < -0.39 is 0 Å². The van der Waals surface area contributed by atoms with Gasteiger partial charge in [0.05, 0.1) is 5.92 Å². The molecule has 1 aliphatic heterocycles. The number of benzene rings is 2. The number of nitrogens with zero attached hydrogens (tertiary/aromatic N) is 3. The van der Waals surface area contributed by atoms with Gasteiger partial charge in [0.1, 0.15) is 5.75 Å². The number of aromatic nitrogens is 2. The number of aryl methyl sites for hydroxylation is 2. The molecule has 0 bridgehead atoms. The number of anilines is 2. The van der Waals surface area contributed by atoms with E-state index in [1.807, 2.05) is 62.4 Å². The van der Waals surface area contributed by atoms with E-state index in [-0.39, 0.29) is 11.8 Å². The summed E-state index contributed by atoms with van der Waals surface area (Å²) in [4.78, 5) is 23.9. The molecule has 1 aromatic heterocycles. The van der Waals surface area contributed by atoms with Gasteiger partial charge in [-0.3, -0.25) is 4.79 Å². The zero-order valence-corrected chi connectivity index (χ0v) is 17.3. The molecule has 1 saturated heterocycles. The topological polar surface area (TPSA) is 67.4 Å². The Labute approximate surface area is 176 Å². The van der Waals surface area contributed by atoms with Gasteiger partial charge in [0, 0.05) is 31.2 Å². The van der Waals surface area contributed by atoms with Crippen LogP contribution in [0.25, 0.3) is 0 Å². The van der Waals surface area contributed by atoms with E-state index in [0.717, 1.165) is 30.6 Å². The third-order valence-corrected chi connectivity index (χ3v) is 5.26. The molecule has 6 heteroatoms. The Kier molecular flexibility index (Phi) is 5.93. The minimum atomic E-state index is -0.117. The van der Waals surface area contributed by atoms with Crippen molar-refractivity contribution in [2.45, 2.75) is 26.7 Å². The monoisotopic (exact) mass is 402 g/mol. The molecule has 1 fully saturated rings. The van der Waals surface area contributed by atoms with Gasteiger partial charge in [0.25, 0.3) is 5.88 Å². The number of ether oxygens (including phenoxy) is 1. The molecule has 4 rings (SSSR count). The Morgan fingerprint density at radius 2 is 1.87 bits per heavy atom. The van der Waals surface area contributed by atoms with Crippen LogP contribution in [0.1, 0.15) is 24.0 Å². The van der Waals surface area contributed by atoms with Crippen molar-refractivity contribution in [1.82, 2.24) is 9.97 Å². The maximum absolute atomic E-state index is 12.9. The lowest BCUT2D eigenvalue weighted by atomic mass is 9.97. The highest BCUT2D eigenvalue weighted by Gasteiger charge is 2.28. The minimum absolute atomic E-state index is 0.0372. The molecule has 154 valence electrons. The largest absolute Gasteiger partial charge is 0.436 e. The summed E-state index contributed by atoms with van der Waals surface area (Å²) in [6, 6.07) is 15.7. The van der Waals surface area contributed by atoms with Crippen molar-refractivity contribution in [2.75, 3.05) is 23.3 Å². The second kappa shape index (κ2) is 8.95. The van der Waals surface area contributed by atoms with Crippen LogP contribution in [0.5, 0.6) is 11.6 Å². The first kappa shape index (κ1) is 19.9. The maximum atomic E-state index is 12.9. The molecule has 6 nitrogen and oxygen atoms in total. The Bertz CT molecular complexity index is 1020. The summed E-state index contributed by atoms with van der Waals surface area (Å²) in [6.45, 7) is 5.45. The van der Waals surface area contributed by atoms with Crippen LogP contribution in [-0.4, -0.2) is 29.0 Å². The number of carbonyl (C=O) groups excluding carboxylic acids is 1. The molecule has 0 unspecified atom stereocenters. The number of rotatable bonds is 5. The van der Waals surface area contributed by atoms with Gasteiger partial charge in [0.2, 0.25) is 5.91 Å². The van der Waals surface area contributed by atoms with Crippen molar-refractivity contribution in [3.8, 4) is 11.6 Å². The molecule has 1 aliphatic rings. The van der Waals surface area contributed by atoms with Crippen molar-refractivity contribution in [3.05, 3.63) is 72.1 Å². The van der Waals surface area contributed by atoms with Crippen LogP contribution in [0.3, 0.4) is 0 Å². The molecule has 0 aliphatic carbocycles. The molecule has 2 aromatic carbocycles. The van der Waals surface area contributed by atoms with Crippen LogP contribution in [-0.2, 0) is 4.79 Å². The third kappa shape index (κ3) is 4.76. The van der Waals surface area contributed by atoms with E-state index in [1.165, 1.54) is 5.56 Å². The molecule has 30 heavy (non-hydrogen) atoms. The summed E-state index contributed by atoms with van der Waals surface area (Å²) >= 11 is 0. The molecule has 1 atom stereocenters. The third-order valence-electron chi connectivity index (χ3n) is 5.26. The van der Waals surface area contributed by atoms with E-state index in [0.29, 0.717) is 24.0 Å². The fraction of sp³-hybridized carbons (Fsp3) is 0.292. The quantitative estimate of drug-likeness (QED) is 0.668. The van der Waals surface area contributed by atoms with Crippen molar-refractivity contribution in [3.63, 3.8) is 0 Å². The highest BCUT2D eigenvalue weighted by atomic mass is 16.5. The molecule has 1 amide bonds. The summed E-state index contributed by atoms with van der Waals surface area (Å²) in [5, 5.41) is 3.05. The number of piperidine rings is 1. The van der Waals surface area contributed by atoms with E-state index in [2.05, 4.69) is 20.2 Å². The van der Waals surface area contributed by atoms with Crippen LogP contribution in [0, 0.1) is 19.8 Å². The van der Waals surface area contributed by atoms with Gasteiger partial charge >= 0.3 is 0 Å². The molecular weight excluding hydrogens is 376 g/mol. The van der Waals surface area contributed by atoms with Gasteiger partial charge < -0.3 is 15.0 Å². The summed E-state index contributed by atoms with van der Waals surface area (Å²) in [5.41, 5.74) is 3.12. The number of hydrogen-bond acceptors (Lipinski definition) is 5. The molecular formula is C24H26N4O2. The van der Waals surface area contributed by atoms with Gasteiger partial charge in [0.15, 0.2) is 5.82 Å². The van der Waals surface area contributed by atoms with Crippen LogP contribution < -0.4 is 15.0 Å². The van der Waals surface area contributed by atoms with Crippen LogP contribution in [0.2, 0.25) is 0 Å². The summed E-state index contributed by atoms with van der Waals surface area (Å²) in [6.07, 6.45) is 5.04. The number of carbonyl (C=O) groups is 1. The highest BCUT2D eigenvalue weighted by molar-refractivity contribution is 5.93. The van der Waals surface area contributed by atoms with Gasteiger partial charge in [-0.05, 0) is 56.5 Å². The van der Waals surface area contributed by atoms with E-state index >= 15 is 0 Å². The normalized spacial score (nSPS) is 16.2. The van der Waals surface area contributed by atoms with Crippen LogP contribution in [0.4, 0.5) is 11.5 Å². The van der Waals surface area contributed by atoms with Gasteiger partial charge in [-0.25, -0.2) is 9.97 Å². The Morgan fingerprint density at radius 3 is 2.67 bits per heavy atom. The number of nitrogens with one attached hydrogen (secondary N) is 1. The first-order chi connectivity index (χ1) is 14.6. The minimum Gasteiger partial charge on any atom is -0.436 e. The Balaban J connectivity index is 1.48. The van der Waals surface area contributed by atoms with Crippen molar-refractivity contribution in [2.24, 2.45) is 5.92 Å². The molecule has 0 saturated carbocycles. The Hall–Kier alpha value is -3.41. The first-order valence-corrected chi connectivity index (χ1v) is 10.3. The van der Waals surface area contributed by atoms with E-state index in [9.17, 15) is 4.79 Å². The number of amides is 1. The first-order valence-electron chi connectivity index (χ1n) is 10.3. The summed E-state index contributed by atoms with van der Waals surface area (Å²) in [7, 11) is 0. The van der Waals surface area contributed by atoms with E-state index in [1.54, 1.807) is 12.4 Å². The zero-order valence-electron chi connectivity index (χ0n) is 17.3. The fourth-order valence-electron chi connectivity index (χ4n) is 3.68. The second-order valence-corrected chi connectivity index (χ2v) is 7.74. The number of hydrogen-bond donors (Lipinski definition) is 1. The predicted molar refractivity (Wildman–Crippen MR) is 118 cm³/mol. The van der Waals surface area contributed by atoms with Crippen LogP contribution in [0.15, 0.2) is 60.9 Å². The molecule has 0 radical (unpaired) electrons. The second-order valence-electron chi connectivity index (χ2n) is 7.74. The summed E-state index contributed by atoms with van der Waals surface area (Å²) in [5.74, 6) is 1.77. The van der Waals surface area contributed by atoms with Gasteiger partial charge in [-0.1, -0.05) is 29.8 Å². The molecule has 1 N–H and O–H groups in total. The van der Waals surface area contributed by atoms with Crippen LogP contribution >= 0.6 is 0 Å². The van der Waals surface area contributed by atoms with Crippen molar-refractivity contribution < 1.29 is 9.53 Å². The lowest BCUT2D eigenvalue weighted by Gasteiger charge is -2.33. The lowest BCUT2D eigenvalue weighted by Crippen LogP contribution is -2.41. The van der Waals surface area contributed by atoms with Crippen molar-refractivity contribution >= 4 is 17.4 Å². The van der Waals surface area contributed by atoms with E-state index in [4.69, 9.17) is 4.74 Å². The molecule has 3 aromatic rings. The Morgan fingerprint density at radius 1 is 1.07 bits per heavy atom. The average Bonchev–Trinajstić information content (AvgIpc) is 2.76. The molecule has 2 heterocycles. The fourth-order valence-corrected chi connectivity index (χ4v) is 3.68. The maximum Gasteiger partial charge on any atom is 0.263 e. The van der Waals surface area contributed by atoms with Crippen molar-refractivity contribution in [1.29, 1.82) is 0 Å². The SMILES string of the molecule is Cc1ccc(Oc2nccnc2N2CCC[C@H](C(=O)Nc3cccc(C)c3)C2)cc1. The standard InChI is InChI=1S/C24H26N4O2/c1-17-8-10-21(11-9-17)30-24-22(25-12-13-26-24)28-14-4-6-19(16-28)23(29)27-20-7-3-5-18(2)15-20/h3,5,7-13,15,19H,4,6,14,16H2,1-2H3,(H,27,29)/t19-/m0/s1. The highest BCUT2D eigenvalue weighted by Crippen LogP contribution is 2.31. The zero-order chi connectivity index (χ0) is 20.9. The van der Waals surface area contributed by atoms with Gasteiger partial charge in [-0.15, -0.1) is 0 Å². The van der Waals surface area contributed by atoms with Gasteiger partial charge in [-0.2, -0.15) is 0 Å².